The first kappa shape index (κ1) is 17.1. The van der Waals surface area contributed by atoms with Gasteiger partial charge in [0.25, 0.3) is 0 Å². The third kappa shape index (κ3) is 3.93. The lowest BCUT2D eigenvalue weighted by atomic mass is 9.85. The van der Waals surface area contributed by atoms with Crippen LogP contribution in [0.15, 0.2) is 0 Å². The van der Waals surface area contributed by atoms with E-state index in [0.717, 1.165) is 25.7 Å². The van der Waals surface area contributed by atoms with Gasteiger partial charge in [-0.3, -0.25) is 9.59 Å². The predicted octanol–water partition coefficient (Wildman–Crippen LogP) is -1.01. The molecule has 124 valence electrons. The van der Waals surface area contributed by atoms with Gasteiger partial charge in [-0.1, -0.05) is 12.8 Å². The first-order valence-electron chi connectivity index (χ1n) is 7.78. The maximum atomic E-state index is 12.7. The Bertz CT molecular complexity index is 553. The number of carbonyl (C=O) groups excluding carboxylic acids is 2. The van der Waals surface area contributed by atoms with Crippen molar-refractivity contribution in [3.05, 3.63) is 0 Å². The summed E-state index contributed by atoms with van der Waals surface area (Å²) in [6, 6.07) is -0.883. The molecule has 4 N–H and O–H groups in total. The molecule has 8 heteroatoms. The molecular formula is C14H23N3O4S. The van der Waals surface area contributed by atoms with Crippen molar-refractivity contribution in [2.75, 3.05) is 13.1 Å². The number of amides is 1. The molecule has 0 aromatic rings. The van der Waals surface area contributed by atoms with E-state index in [-0.39, 0.29) is 10.9 Å². The van der Waals surface area contributed by atoms with Gasteiger partial charge in [-0.2, -0.15) is 8.42 Å². The first-order valence-corrected chi connectivity index (χ1v) is 8.86. The number of carbonyl (C=O) groups is 2. The Morgan fingerprint density at radius 2 is 1.64 bits per heavy atom. The predicted molar refractivity (Wildman–Crippen MR) is 82.9 cm³/mol. The SMILES string of the molecule is NC(=O)C(C(=O)C(C1CCCCN1)=S(=O)=O)C1CCCCN1. The summed E-state index contributed by atoms with van der Waals surface area (Å²) in [7, 11) is -2.65. The smallest absolute Gasteiger partial charge is 0.230 e. The van der Waals surface area contributed by atoms with E-state index in [1.165, 1.54) is 0 Å². The Labute approximate surface area is 131 Å². The molecule has 0 aromatic heterocycles. The maximum absolute atomic E-state index is 12.7. The van der Waals surface area contributed by atoms with Crippen LogP contribution in [0.5, 0.6) is 0 Å². The van der Waals surface area contributed by atoms with Crippen LogP contribution in [-0.4, -0.2) is 50.1 Å². The van der Waals surface area contributed by atoms with Crippen LogP contribution in [0.1, 0.15) is 38.5 Å². The fourth-order valence-corrected chi connectivity index (χ4v) is 4.00. The average Bonchev–Trinajstić information content (AvgIpc) is 2.49. The Balaban J connectivity index is 2.26. The molecule has 0 aromatic carbocycles. The molecule has 2 heterocycles. The summed E-state index contributed by atoms with van der Waals surface area (Å²) in [6.07, 6.45) is 4.91. The summed E-state index contributed by atoms with van der Waals surface area (Å²) in [4.78, 5) is 24.3. The molecule has 2 saturated heterocycles. The van der Waals surface area contributed by atoms with Gasteiger partial charge in [-0.05, 0) is 38.8 Å². The van der Waals surface area contributed by atoms with E-state index in [1.807, 2.05) is 0 Å². The number of ketones is 1. The van der Waals surface area contributed by atoms with Gasteiger partial charge in [0, 0.05) is 6.04 Å². The van der Waals surface area contributed by atoms with Crippen LogP contribution in [0.2, 0.25) is 0 Å². The highest BCUT2D eigenvalue weighted by atomic mass is 32.2. The quantitative estimate of drug-likeness (QED) is 0.439. The van der Waals surface area contributed by atoms with Crippen LogP contribution in [0.3, 0.4) is 0 Å². The van der Waals surface area contributed by atoms with E-state index in [9.17, 15) is 18.0 Å². The zero-order valence-electron chi connectivity index (χ0n) is 12.5. The molecule has 0 bridgehead atoms. The number of hydrogen-bond donors (Lipinski definition) is 3. The number of piperidine rings is 2. The maximum Gasteiger partial charge on any atom is 0.230 e. The van der Waals surface area contributed by atoms with Crippen LogP contribution in [-0.2, 0) is 19.9 Å². The van der Waals surface area contributed by atoms with Crippen LogP contribution in [0, 0.1) is 5.92 Å². The molecule has 3 atom stereocenters. The van der Waals surface area contributed by atoms with E-state index in [2.05, 4.69) is 10.6 Å². The van der Waals surface area contributed by atoms with Crippen molar-refractivity contribution >= 4 is 26.8 Å². The minimum atomic E-state index is -2.65. The summed E-state index contributed by atoms with van der Waals surface area (Å²) in [5, 5.41) is 6.18. The van der Waals surface area contributed by atoms with Crippen molar-refractivity contribution in [1.82, 2.24) is 10.6 Å². The fraction of sp³-hybridized carbons (Fsp3) is 0.786. The summed E-state index contributed by atoms with van der Waals surface area (Å²) in [5.74, 6) is -2.53. The monoisotopic (exact) mass is 329 g/mol. The van der Waals surface area contributed by atoms with Gasteiger partial charge in [0.1, 0.15) is 10.8 Å². The summed E-state index contributed by atoms with van der Waals surface area (Å²) in [6.45, 7) is 1.38. The second-order valence-electron chi connectivity index (χ2n) is 5.90. The number of rotatable bonds is 5. The third-order valence-corrected chi connectivity index (χ3v) is 5.23. The normalized spacial score (nSPS) is 26.9. The molecule has 2 aliphatic heterocycles. The van der Waals surface area contributed by atoms with E-state index < -0.39 is 33.9 Å². The summed E-state index contributed by atoms with van der Waals surface area (Å²) in [5.41, 5.74) is 5.40. The van der Waals surface area contributed by atoms with Gasteiger partial charge in [-0.25, -0.2) is 0 Å². The molecule has 3 unspecified atom stereocenters. The molecule has 7 nitrogen and oxygen atoms in total. The largest absolute Gasteiger partial charge is 0.369 e. The molecule has 0 aliphatic carbocycles. The van der Waals surface area contributed by atoms with Crippen molar-refractivity contribution in [1.29, 1.82) is 0 Å². The second kappa shape index (κ2) is 7.85. The first-order chi connectivity index (χ1) is 10.5. The van der Waals surface area contributed by atoms with Crippen molar-refractivity contribution in [3.63, 3.8) is 0 Å². The molecule has 2 rings (SSSR count). The van der Waals surface area contributed by atoms with Crippen LogP contribution in [0.25, 0.3) is 0 Å². The fourth-order valence-electron chi connectivity index (χ4n) is 3.27. The number of Topliss-reactive ketones (excluding diaryl/α,β-unsaturated/α-hetero) is 1. The van der Waals surface area contributed by atoms with Gasteiger partial charge in [-0.15, -0.1) is 0 Å². The van der Waals surface area contributed by atoms with Crippen molar-refractivity contribution in [2.45, 2.75) is 50.6 Å². The topological polar surface area (TPSA) is 118 Å². The standard InChI is InChI=1S/C14H23N3O4S/c15-14(19)11(9-5-1-3-7-16-9)12(18)13(22(20)21)10-6-2-4-8-17-10/h9-11,16-17H,1-8H2,(H2,15,19). The highest BCUT2D eigenvalue weighted by Crippen LogP contribution is 2.19. The number of nitrogens with one attached hydrogen (secondary N) is 2. The van der Waals surface area contributed by atoms with Crippen molar-refractivity contribution < 1.29 is 18.0 Å². The van der Waals surface area contributed by atoms with Gasteiger partial charge in [0.15, 0.2) is 5.78 Å². The van der Waals surface area contributed by atoms with Gasteiger partial charge in [0.05, 0.1) is 6.04 Å². The molecule has 0 saturated carbocycles. The molecule has 0 spiro atoms. The van der Waals surface area contributed by atoms with Crippen LogP contribution in [0.4, 0.5) is 0 Å². The molecule has 0 radical (unpaired) electrons. The van der Waals surface area contributed by atoms with Gasteiger partial charge >= 0.3 is 0 Å². The zero-order valence-corrected chi connectivity index (χ0v) is 13.3. The lowest BCUT2D eigenvalue weighted by Gasteiger charge is -2.30. The van der Waals surface area contributed by atoms with Crippen LogP contribution < -0.4 is 16.4 Å². The highest BCUT2D eigenvalue weighted by Gasteiger charge is 2.39. The Hall–Kier alpha value is -1.25. The van der Waals surface area contributed by atoms with Crippen molar-refractivity contribution in [2.24, 2.45) is 11.7 Å². The van der Waals surface area contributed by atoms with E-state index in [1.54, 1.807) is 0 Å². The number of primary amides is 1. The summed E-state index contributed by atoms with van der Waals surface area (Å²) < 4.78 is 23.2. The molecule has 1 amide bonds. The summed E-state index contributed by atoms with van der Waals surface area (Å²) >= 11 is 0. The van der Waals surface area contributed by atoms with E-state index >= 15 is 0 Å². The Morgan fingerprint density at radius 3 is 2.09 bits per heavy atom. The molecular weight excluding hydrogens is 306 g/mol. The average molecular weight is 329 g/mol. The molecule has 2 fully saturated rings. The zero-order chi connectivity index (χ0) is 16.1. The number of hydrogen-bond acceptors (Lipinski definition) is 6. The Kier molecular flexibility index (Phi) is 6.10. The van der Waals surface area contributed by atoms with Crippen LogP contribution >= 0.6 is 0 Å². The van der Waals surface area contributed by atoms with Crippen molar-refractivity contribution in [3.8, 4) is 0 Å². The lowest BCUT2D eigenvalue weighted by molar-refractivity contribution is -0.130. The highest BCUT2D eigenvalue weighted by molar-refractivity contribution is 7.75. The minimum absolute atomic E-state index is 0.226. The van der Waals surface area contributed by atoms with Gasteiger partial charge in [0.2, 0.25) is 16.2 Å². The third-order valence-electron chi connectivity index (χ3n) is 4.39. The van der Waals surface area contributed by atoms with Gasteiger partial charge < -0.3 is 16.4 Å². The molecule has 2 aliphatic rings. The van der Waals surface area contributed by atoms with E-state index in [0.29, 0.717) is 25.9 Å². The second-order valence-corrected chi connectivity index (χ2v) is 6.81. The lowest BCUT2D eigenvalue weighted by Crippen LogP contribution is -2.54. The number of nitrogens with two attached hydrogens (primary N) is 1. The van der Waals surface area contributed by atoms with E-state index in [4.69, 9.17) is 5.73 Å². The Morgan fingerprint density at radius 1 is 1.00 bits per heavy atom. The molecule has 22 heavy (non-hydrogen) atoms. The minimum Gasteiger partial charge on any atom is -0.369 e.